The highest BCUT2D eigenvalue weighted by atomic mass is 16.5. The second-order valence-electron chi connectivity index (χ2n) is 4.31. The molecular weight excluding hydrogens is 229 g/mol. The second kappa shape index (κ2) is 5.35. The summed E-state index contributed by atoms with van der Waals surface area (Å²) in [4.78, 5) is 24.3. The van der Waals surface area contributed by atoms with Gasteiger partial charge in [-0.2, -0.15) is 0 Å². The van der Waals surface area contributed by atoms with Crippen molar-refractivity contribution in [3.05, 3.63) is 34.9 Å². The molecule has 0 saturated heterocycles. The first-order valence-electron chi connectivity index (χ1n) is 5.93. The number of hydrogen-bond donors (Lipinski definition) is 0. The summed E-state index contributed by atoms with van der Waals surface area (Å²) in [5, 5.41) is 0. The van der Waals surface area contributed by atoms with Crippen LogP contribution < -0.4 is 0 Å². The van der Waals surface area contributed by atoms with E-state index in [1.807, 2.05) is 23.9 Å². The number of nitrogens with zero attached hydrogens (tertiary/aromatic N) is 1. The summed E-state index contributed by atoms with van der Waals surface area (Å²) in [5.74, 6) is -0.299. The fourth-order valence-electron chi connectivity index (χ4n) is 2.47. The summed E-state index contributed by atoms with van der Waals surface area (Å²) in [6.45, 7) is 2.76. The first kappa shape index (κ1) is 12.8. The predicted molar refractivity (Wildman–Crippen MR) is 69.1 cm³/mol. The number of carbonyl (C=O) groups is 2. The fourth-order valence-corrected chi connectivity index (χ4v) is 2.47. The van der Waals surface area contributed by atoms with E-state index in [0.29, 0.717) is 5.56 Å². The molecule has 1 aromatic carbocycles. The predicted octanol–water partition coefficient (Wildman–Crippen LogP) is 1.20. The molecule has 0 fully saturated rings. The average molecular weight is 244 g/mol. The molecule has 0 N–H and O–H groups in total. The van der Waals surface area contributed by atoms with Gasteiger partial charge in [-0.1, -0.05) is 12.1 Å². The van der Waals surface area contributed by atoms with Crippen molar-refractivity contribution in [2.75, 3.05) is 13.7 Å². The monoisotopic (exact) mass is 244 g/mol. The van der Waals surface area contributed by atoms with Gasteiger partial charge in [0.05, 0.1) is 18.9 Å². The third-order valence-electron chi connectivity index (χ3n) is 3.44. The summed E-state index contributed by atoms with van der Waals surface area (Å²) >= 11 is 0. The van der Waals surface area contributed by atoms with E-state index in [1.165, 1.54) is 7.11 Å². The van der Waals surface area contributed by atoms with E-state index < -0.39 is 0 Å². The molecule has 1 atom stereocenters. The molecule has 2 rings (SSSR count). The van der Waals surface area contributed by atoms with Crippen LogP contribution in [0.25, 0.3) is 0 Å². The molecule has 0 aliphatic carbocycles. The lowest BCUT2D eigenvalue weighted by Gasteiger charge is -2.34. The van der Waals surface area contributed by atoms with Crippen LogP contribution >= 0.6 is 0 Å². The molecule has 0 spiro atoms. The van der Waals surface area contributed by atoms with E-state index >= 15 is 0 Å². The first-order chi connectivity index (χ1) is 8.69. The number of ether oxygens (including phenoxy) is 1. The standard InChI is InChI=1S/C13H15BNO3/c1-9-10-4-3-5-12(13(17)18-2)11(10)6-7-15(9)14-8-16/h3-5,8-9H,6-7H2,1-2H3/t9-/m0/s1. The Labute approximate surface area is 107 Å². The Morgan fingerprint density at radius 3 is 3.00 bits per heavy atom. The third-order valence-corrected chi connectivity index (χ3v) is 3.44. The Morgan fingerprint density at radius 2 is 2.33 bits per heavy atom. The number of benzene rings is 1. The highest BCUT2D eigenvalue weighted by Gasteiger charge is 2.27. The molecule has 1 aliphatic rings. The van der Waals surface area contributed by atoms with Crippen molar-refractivity contribution in [3.63, 3.8) is 0 Å². The largest absolute Gasteiger partial charge is 0.465 e. The van der Waals surface area contributed by atoms with Crippen LogP contribution in [0.1, 0.15) is 34.5 Å². The normalized spacial score (nSPS) is 18.9. The molecule has 93 valence electrons. The summed E-state index contributed by atoms with van der Waals surface area (Å²) in [7, 11) is 2.94. The number of hydrogen-bond acceptors (Lipinski definition) is 4. The van der Waals surface area contributed by atoms with E-state index in [1.54, 1.807) is 13.5 Å². The zero-order chi connectivity index (χ0) is 13.1. The van der Waals surface area contributed by atoms with Crippen molar-refractivity contribution in [3.8, 4) is 0 Å². The van der Waals surface area contributed by atoms with Gasteiger partial charge in [-0.3, -0.25) is 0 Å². The minimum absolute atomic E-state index is 0.101. The molecule has 0 aromatic heterocycles. The van der Waals surface area contributed by atoms with Gasteiger partial charge in [0.25, 0.3) is 7.41 Å². The van der Waals surface area contributed by atoms with Crippen LogP contribution in [0, 0.1) is 0 Å². The Morgan fingerprint density at radius 1 is 1.56 bits per heavy atom. The summed E-state index contributed by atoms with van der Waals surface area (Å²) in [5.41, 5.74) is 2.75. The van der Waals surface area contributed by atoms with E-state index in [2.05, 4.69) is 0 Å². The van der Waals surface area contributed by atoms with Gasteiger partial charge in [-0.15, -0.1) is 0 Å². The van der Waals surface area contributed by atoms with E-state index in [4.69, 9.17) is 4.74 Å². The molecular formula is C13H15BNO3. The van der Waals surface area contributed by atoms with Gasteiger partial charge in [0.1, 0.15) is 0 Å². The van der Waals surface area contributed by atoms with Crippen LogP contribution in [0.15, 0.2) is 18.2 Å². The zero-order valence-electron chi connectivity index (χ0n) is 10.6. The molecule has 4 nitrogen and oxygen atoms in total. The molecule has 1 heterocycles. The summed E-state index contributed by atoms with van der Waals surface area (Å²) in [6.07, 6.45) is 1.54. The van der Waals surface area contributed by atoms with E-state index in [0.717, 1.165) is 30.3 Å². The number of carbonyl (C=O) groups excluding carboxylic acids is 2. The number of esters is 1. The lowest BCUT2D eigenvalue weighted by Crippen LogP contribution is -2.38. The molecule has 0 amide bonds. The second-order valence-corrected chi connectivity index (χ2v) is 4.31. The number of fused-ring (bicyclic) bond motifs is 1. The molecule has 1 radical (unpaired) electrons. The molecule has 18 heavy (non-hydrogen) atoms. The SMILES string of the molecule is COC(=O)c1cccc2c1CCN([B]C=O)[C@H]2C. The highest BCUT2D eigenvalue weighted by molar-refractivity contribution is 6.64. The van der Waals surface area contributed by atoms with Crippen molar-refractivity contribution in [2.45, 2.75) is 19.4 Å². The van der Waals surface area contributed by atoms with Crippen LogP contribution in [-0.4, -0.2) is 38.0 Å². The van der Waals surface area contributed by atoms with Gasteiger partial charge in [0, 0.05) is 6.04 Å². The molecule has 0 saturated carbocycles. The van der Waals surface area contributed by atoms with Crippen molar-refractivity contribution in [1.29, 1.82) is 0 Å². The first-order valence-corrected chi connectivity index (χ1v) is 5.93. The molecule has 0 bridgehead atoms. The van der Waals surface area contributed by atoms with Crippen molar-refractivity contribution >= 4 is 19.6 Å². The van der Waals surface area contributed by atoms with Crippen LogP contribution in [0.3, 0.4) is 0 Å². The Balaban J connectivity index is 2.39. The Bertz CT molecular complexity index is 475. The zero-order valence-corrected chi connectivity index (χ0v) is 10.6. The van der Waals surface area contributed by atoms with Crippen LogP contribution in [0.4, 0.5) is 0 Å². The smallest absolute Gasteiger partial charge is 0.338 e. The maximum absolute atomic E-state index is 11.7. The maximum Gasteiger partial charge on any atom is 0.338 e. The minimum atomic E-state index is -0.299. The fraction of sp³-hybridized carbons (Fsp3) is 0.385. The summed E-state index contributed by atoms with van der Waals surface area (Å²) < 4.78 is 4.80. The van der Waals surface area contributed by atoms with Gasteiger partial charge in [0.15, 0.2) is 0 Å². The maximum atomic E-state index is 11.7. The summed E-state index contributed by atoms with van der Waals surface area (Å²) in [6, 6.07) is 5.74. The van der Waals surface area contributed by atoms with Gasteiger partial charge in [-0.25, -0.2) is 4.79 Å². The molecule has 1 aliphatic heterocycles. The van der Waals surface area contributed by atoms with Gasteiger partial charge in [0.2, 0.25) is 0 Å². The lowest BCUT2D eigenvalue weighted by atomic mass is 9.82. The van der Waals surface area contributed by atoms with Crippen molar-refractivity contribution in [2.24, 2.45) is 0 Å². The van der Waals surface area contributed by atoms with Gasteiger partial charge in [-0.05, 0) is 37.1 Å². The Kier molecular flexibility index (Phi) is 3.82. The van der Waals surface area contributed by atoms with Crippen molar-refractivity contribution < 1.29 is 14.3 Å². The Hall–Kier alpha value is -1.62. The molecule has 5 heteroatoms. The topological polar surface area (TPSA) is 46.6 Å². The molecule has 1 aromatic rings. The number of methoxy groups -OCH3 is 1. The van der Waals surface area contributed by atoms with Gasteiger partial charge < -0.3 is 14.3 Å². The van der Waals surface area contributed by atoms with Crippen LogP contribution in [-0.2, 0) is 16.0 Å². The highest BCUT2D eigenvalue weighted by Crippen LogP contribution is 2.30. The lowest BCUT2D eigenvalue weighted by molar-refractivity contribution is 0.0598. The minimum Gasteiger partial charge on any atom is -0.465 e. The number of rotatable bonds is 3. The molecule has 0 unspecified atom stereocenters. The van der Waals surface area contributed by atoms with Gasteiger partial charge >= 0.3 is 5.97 Å². The van der Waals surface area contributed by atoms with Crippen LogP contribution in [0.5, 0.6) is 0 Å². The average Bonchev–Trinajstić information content (AvgIpc) is 2.41. The quantitative estimate of drug-likeness (QED) is 0.455. The van der Waals surface area contributed by atoms with E-state index in [9.17, 15) is 9.59 Å². The third kappa shape index (κ3) is 2.18. The van der Waals surface area contributed by atoms with E-state index in [-0.39, 0.29) is 12.0 Å². The van der Waals surface area contributed by atoms with Crippen LogP contribution in [0.2, 0.25) is 0 Å². The van der Waals surface area contributed by atoms with Crippen molar-refractivity contribution in [1.82, 2.24) is 4.81 Å².